The first-order chi connectivity index (χ1) is 17.2. The number of carbonyl (C=O) groups excluding carboxylic acids is 2. The minimum atomic E-state index is -0.0841. The minimum Gasteiger partial charge on any atom is -0.352 e. The Labute approximate surface area is 205 Å². The maximum Gasteiger partial charge on any atom is 0.270 e. The van der Waals surface area contributed by atoms with Crippen LogP contribution in [-0.2, 0) is 16.1 Å². The molecular formula is C28H29N5O2. The van der Waals surface area contributed by atoms with E-state index in [4.69, 9.17) is 5.10 Å². The summed E-state index contributed by atoms with van der Waals surface area (Å²) in [5.74, 6) is -0.0729. The fraction of sp³-hybridized carbons (Fsp3) is 0.286. The fourth-order valence-corrected chi connectivity index (χ4v) is 4.76. The van der Waals surface area contributed by atoms with Crippen LogP contribution in [0.5, 0.6) is 0 Å². The van der Waals surface area contributed by atoms with Crippen LogP contribution in [0.1, 0.15) is 36.4 Å². The number of hydrogen-bond donors (Lipinski definition) is 1. The van der Waals surface area contributed by atoms with E-state index in [1.807, 2.05) is 70.6 Å². The van der Waals surface area contributed by atoms with E-state index >= 15 is 0 Å². The molecule has 1 saturated heterocycles. The van der Waals surface area contributed by atoms with Crippen molar-refractivity contribution in [2.75, 3.05) is 18.1 Å². The van der Waals surface area contributed by atoms with Crippen LogP contribution in [-0.4, -0.2) is 40.5 Å². The van der Waals surface area contributed by atoms with E-state index < -0.39 is 0 Å². The summed E-state index contributed by atoms with van der Waals surface area (Å²) in [4.78, 5) is 32.0. The second-order valence-corrected chi connectivity index (χ2v) is 9.00. The molecule has 1 atom stereocenters. The Morgan fingerprint density at radius 2 is 1.63 bits per heavy atom. The Hall–Kier alpha value is -4.00. The van der Waals surface area contributed by atoms with E-state index in [0.717, 1.165) is 16.8 Å². The van der Waals surface area contributed by atoms with Gasteiger partial charge < -0.3 is 10.2 Å². The van der Waals surface area contributed by atoms with Crippen molar-refractivity contribution in [3.8, 4) is 0 Å². The third-order valence-corrected chi connectivity index (χ3v) is 6.70. The Morgan fingerprint density at radius 1 is 0.914 bits per heavy atom. The van der Waals surface area contributed by atoms with Crippen LogP contribution < -0.4 is 10.3 Å². The molecule has 2 aromatic carbocycles. The van der Waals surface area contributed by atoms with Crippen LogP contribution in [0.4, 0.5) is 5.69 Å². The van der Waals surface area contributed by atoms with Gasteiger partial charge in [0, 0.05) is 44.4 Å². The number of aromatic nitrogens is 1. The second kappa shape index (κ2) is 10.5. The van der Waals surface area contributed by atoms with Gasteiger partial charge in [-0.25, -0.2) is 0 Å². The van der Waals surface area contributed by atoms with Gasteiger partial charge in [0.15, 0.2) is 0 Å². The number of hydrogen-bond acceptors (Lipinski definition) is 5. The Balaban J connectivity index is 1.22. The summed E-state index contributed by atoms with van der Waals surface area (Å²) >= 11 is 0. The molecule has 7 nitrogen and oxygen atoms in total. The molecule has 0 bridgehead atoms. The first kappa shape index (κ1) is 22.8. The quantitative estimate of drug-likeness (QED) is 0.596. The van der Waals surface area contributed by atoms with Crippen LogP contribution in [0.25, 0.3) is 0 Å². The van der Waals surface area contributed by atoms with Crippen molar-refractivity contribution in [1.82, 2.24) is 15.2 Å². The molecule has 1 aromatic heterocycles. The molecule has 1 fully saturated rings. The predicted octanol–water partition coefficient (Wildman–Crippen LogP) is 3.94. The lowest BCUT2D eigenvalue weighted by molar-refractivity contribution is -0.131. The Kier molecular flexibility index (Phi) is 6.84. The van der Waals surface area contributed by atoms with Gasteiger partial charge in [-0.2, -0.15) is 5.10 Å². The average molecular weight is 468 g/mol. The number of rotatable bonds is 6. The van der Waals surface area contributed by atoms with Crippen molar-refractivity contribution in [3.63, 3.8) is 0 Å². The summed E-state index contributed by atoms with van der Waals surface area (Å²) in [6.07, 6.45) is 5.34. The number of likely N-dealkylation sites (tertiary alicyclic amines) is 1. The number of para-hydroxylation sites is 1. The maximum atomic E-state index is 13.4. The number of carbonyl (C=O) groups is 2. The monoisotopic (exact) mass is 467 g/mol. The van der Waals surface area contributed by atoms with Crippen molar-refractivity contribution >= 4 is 23.2 Å². The Morgan fingerprint density at radius 3 is 2.31 bits per heavy atom. The third kappa shape index (κ3) is 5.24. The summed E-state index contributed by atoms with van der Waals surface area (Å²) in [6, 6.07) is 24.0. The molecule has 1 N–H and O–H groups in total. The molecule has 3 heterocycles. The molecule has 2 aliphatic rings. The van der Waals surface area contributed by atoms with E-state index in [9.17, 15) is 9.59 Å². The summed E-state index contributed by atoms with van der Waals surface area (Å²) in [7, 11) is 0. The summed E-state index contributed by atoms with van der Waals surface area (Å²) in [5.41, 5.74) is 3.64. The van der Waals surface area contributed by atoms with Gasteiger partial charge in [0.2, 0.25) is 5.91 Å². The predicted molar refractivity (Wildman–Crippen MR) is 136 cm³/mol. The number of hydrazone groups is 1. The van der Waals surface area contributed by atoms with Crippen molar-refractivity contribution in [2.24, 2.45) is 11.0 Å². The lowest BCUT2D eigenvalue weighted by Crippen LogP contribution is -2.45. The number of pyridine rings is 1. The van der Waals surface area contributed by atoms with Crippen LogP contribution in [0, 0.1) is 5.92 Å². The maximum absolute atomic E-state index is 13.4. The lowest BCUT2D eigenvalue weighted by Gasteiger charge is -2.31. The molecule has 5 rings (SSSR count). The fourth-order valence-electron chi connectivity index (χ4n) is 4.76. The second-order valence-electron chi connectivity index (χ2n) is 9.00. The number of nitrogens with one attached hydrogen (secondary N) is 1. The highest BCUT2D eigenvalue weighted by Gasteiger charge is 2.36. The van der Waals surface area contributed by atoms with E-state index in [2.05, 4.69) is 22.4 Å². The van der Waals surface area contributed by atoms with E-state index in [0.29, 0.717) is 44.6 Å². The smallest absolute Gasteiger partial charge is 0.270 e. The first-order valence-corrected chi connectivity index (χ1v) is 12.1. The number of benzene rings is 2. The molecule has 3 aromatic rings. The molecule has 0 aliphatic carbocycles. The van der Waals surface area contributed by atoms with E-state index in [1.54, 1.807) is 12.4 Å². The number of piperidine rings is 1. The van der Waals surface area contributed by atoms with Crippen molar-refractivity contribution in [3.05, 3.63) is 96.3 Å². The van der Waals surface area contributed by atoms with Crippen LogP contribution in [0.3, 0.4) is 0 Å². The molecule has 178 valence electrons. The first-order valence-electron chi connectivity index (χ1n) is 12.1. The van der Waals surface area contributed by atoms with E-state index in [1.165, 1.54) is 0 Å². The zero-order chi connectivity index (χ0) is 24.0. The number of anilines is 1. The number of amides is 2. The molecule has 2 amide bonds. The SMILES string of the molecule is O=C(NCc1cccnc1)C1CCN(C(=O)C2=NN(c3ccccc3)C(c3ccccc3)C2)CC1. The van der Waals surface area contributed by atoms with Gasteiger partial charge >= 0.3 is 0 Å². The van der Waals surface area contributed by atoms with Crippen LogP contribution in [0.2, 0.25) is 0 Å². The van der Waals surface area contributed by atoms with Crippen molar-refractivity contribution in [1.29, 1.82) is 0 Å². The zero-order valence-electron chi connectivity index (χ0n) is 19.6. The lowest BCUT2D eigenvalue weighted by atomic mass is 9.95. The molecule has 0 spiro atoms. The molecular weight excluding hydrogens is 438 g/mol. The Bertz CT molecular complexity index is 1180. The average Bonchev–Trinajstić information content (AvgIpc) is 3.39. The standard InChI is InChI=1S/C28H29N5O2/c34-27(30-20-21-8-7-15-29-19-21)23-13-16-32(17-14-23)28(35)25-18-26(22-9-3-1-4-10-22)33(31-25)24-11-5-2-6-12-24/h1-12,15,19,23,26H,13-14,16-18,20H2,(H,30,34). The molecule has 2 aliphatic heterocycles. The molecule has 7 heteroatoms. The van der Waals surface area contributed by atoms with Gasteiger partial charge in [0.25, 0.3) is 5.91 Å². The largest absolute Gasteiger partial charge is 0.352 e. The molecule has 35 heavy (non-hydrogen) atoms. The normalized spacial score (nSPS) is 18.3. The van der Waals surface area contributed by atoms with Gasteiger partial charge in [-0.1, -0.05) is 54.6 Å². The topological polar surface area (TPSA) is 77.9 Å². The van der Waals surface area contributed by atoms with E-state index in [-0.39, 0.29) is 23.8 Å². The van der Waals surface area contributed by atoms with Gasteiger partial charge in [-0.3, -0.25) is 19.6 Å². The zero-order valence-corrected chi connectivity index (χ0v) is 19.6. The number of nitrogens with zero attached hydrogens (tertiary/aromatic N) is 4. The summed E-state index contributed by atoms with van der Waals surface area (Å²) in [6.45, 7) is 1.59. The summed E-state index contributed by atoms with van der Waals surface area (Å²) in [5, 5.41) is 9.74. The van der Waals surface area contributed by atoms with Crippen molar-refractivity contribution in [2.45, 2.75) is 31.8 Å². The highest BCUT2D eigenvalue weighted by Crippen LogP contribution is 2.35. The van der Waals surface area contributed by atoms with Gasteiger partial charge in [-0.15, -0.1) is 0 Å². The molecule has 0 saturated carbocycles. The van der Waals surface area contributed by atoms with Gasteiger partial charge in [0.1, 0.15) is 5.71 Å². The van der Waals surface area contributed by atoms with Crippen LogP contribution in [0.15, 0.2) is 90.3 Å². The third-order valence-electron chi connectivity index (χ3n) is 6.70. The van der Waals surface area contributed by atoms with Crippen LogP contribution >= 0.6 is 0 Å². The van der Waals surface area contributed by atoms with Crippen molar-refractivity contribution < 1.29 is 9.59 Å². The summed E-state index contributed by atoms with van der Waals surface area (Å²) < 4.78 is 0. The minimum absolute atomic E-state index is 0.0201. The molecule has 0 radical (unpaired) electrons. The van der Waals surface area contributed by atoms with Gasteiger partial charge in [0.05, 0.1) is 11.7 Å². The van der Waals surface area contributed by atoms with Gasteiger partial charge in [-0.05, 0) is 42.2 Å². The highest BCUT2D eigenvalue weighted by atomic mass is 16.2. The molecule has 1 unspecified atom stereocenters. The highest BCUT2D eigenvalue weighted by molar-refractivity contribution is 6.39.